The van der Waals surface area contributed by atoms with Crippen LogP contribution in [0.2, 0.25) is 0 Å². The topological polar surface area (TPSA) is 102 Å². The van der Waals surface area contributed by atoms with Gasteiger partial charge in [0.05, 0.1) is 10.6 Å². The summed E-state index contributed by atoms with van der Waals surface area (Å²) < 4.78 is 23.8. The molecule has 0 atom stereocenters. The van der Waals surface area contributed by atoms with E-state index in [2.05, 4.69) is 5.10 Å². The number of hydrogen-bond donors (Lipinski definition) is 1. The third-order valence-corrected chi connectivity index (χ3v) is 3.90. The predicted molar refractivity (Wildman–Crippen MR) is 72.0 cm³/mol. The Morgan fingerprint density at radius 3 is 2.53 bits per heavy atom. The average molecular weight is 326 g/mol. The van der Waals surface area contributed by atoms with Gasteiger partial charge < -0.3 is 0 Å². The quantitative estimate of drug-likeness (QED) is 0.387. The summed E-state index contributed by atoms with van der Waals surface area (Å²) in [6.07, 6.45) is 0. The van der Waals surface area contributed by atoms with E-state index in [1.807, 2.05) is 4.83 Å². The van der Waals surface area contributed by atoms with Crippen LogP contribution in [0.4, 0.5) is 5.69 Å². The van der Waals surface area contributed by atoms with Gasteiger partial charge in [0.15, 0.2) is 4.90 Å². The Hall–Kier alpha value is -1.38. The molecule has 0 aromatic heterocycles. The van der Waals surface area contributed by atoms with E-state index in [0.717, 1.165) is 12.1 Å². The van der Waals surface area contributed by atoms with Crippen molar-refractivity contribution >= 4 is 44.6 Å². The molecule has 0 aliphatic heterocycles. The van der Waals surface area contributed by atoms with E-state index in [-0.39, 0.29) is 5.71 Å². The van der Waals surface area contributed by atoms with Gasteiger partial charge >= 0.3 is 0 Å². The minimum absolute atomic E-state index is 0.116. The molecular formula is C9H9Cl2N3O4S. The lowest BCUT2D eigenvalue weighted by atomic mass is 10.3. The SMILES string of the molecule is CC(=NNS(=O)(=O)c1ccccc1[N+](=O)[O-])C(Cl)Cl. The van der Waals surface area contributed by atoms with Crippen molar-refractivity contribution in [2.75, 3.05) is 0 Å². The Morgan fingerprint density at radius 2 is 2.00 bits per heavy atom. The normalized spacial score (nSPS) is 12.5. The summed E-state index contributed by atoms with van der Waals surface area (Å²) in [4.78, 5) is 10.3. The minimum Gasteiger partial charge on any atom is -0.258 e. The number of benzene rings is 1. The molecule has 7 nitrogen and oxygen atoms in total. The van der Waals surface area contributed by atoms with E-state index in [0.29, 0.717) is 0 Å². The van der Waals surface area contributed by atoms with Gasteiger partial charge in [-0.05, 0) is 13.0 Å². The average Bonchev–Trinajstić information content (AvgIpc) is 2.35. The van der Waals surface area contributed by atoms with E-state index >= 15 is 0 Å². The molecule has 1 rings (SSSR count). The summed E-state index contributed by atoms with van der Waals surface area (Å²) in [5.74, 6) is 0. The standard InChI is InChI=1S/C9H9Cl2N3O4S/c1-6(9(10)11)12-13-19(17,18)8-5-3-2-4-7(8)14(15)16/h2-5,9,13H,1H3. The van der Waals surface area contributed by atoms with E-state index in [1.54, 1.807) is 0 Å². The maximum atomic E-state index is 11.9. The number of sulfonamides is 1. The van der Waals surface area contributed by atoms with Crippen molar-refractivity contribution in [3.63, 3.8) is 0 Å². The first-order valence-electron chi connectivity index (χ1n) is 4.83. The number of nitro groups is 1. The Morgan fingerprint density at radius 1 is 1.42 bits per heavy atom. The molecule has 1 N–H and O–H groups in total. The summed E-state index contributed by atoms with van der Waals surface area (Å²) in [5.41, 5.74) is -0.429. The van der Waals surface area contributed by atoms with Crippen molar-refractivity contribution < 1.29 is 13.3 Å². The van der Waals surface area contributed by atoms with Gasteiger partial charge in [0.1, 0.15) is 4.84 Å². The van der Waals surface area contributed by atoms with Crippen LogP contribution >= 0.6 is 23.2 Å². The van der Waals surface area contributed by atoms with Crippen LogP contribution in [0, 0.1) is 10.1 Å². The van der Waals surface area contributed by atoms with Gasteiger partial charge in [0, 0.05) is 6.07 Å². The first kappa shape index (κ1) is 15.7. The van der Waals surface area contributed by atoms with Crippen molar-refractivity contribution in [2.24, 2.45) is 5.10 Å². The molecule has 0 unspecified atom stereocenters. The number of hydrogen-bond acceptors (Lipinski definition) is 5. The van der Waals surface area contributed by atoms with Crippen LogP contribution in [0.3, 0.4) is 0 Å². The third-order valence-electron chi connectivity index (χ3n) is 2.01. The van der Waals surface area contributed by atoms with Gasteiger partial charge in [0.25, 0.3) is 15.7 Å². The highest BCUT2D eigenvalue weighted by Crippen LogP contribution is 2.22. The minimum atomic E-state index is -4.16. The molecule has 0 radical (unpaired) electrons. The van der Waals surface area contributed by atoms with Crippen molar-refractivity contribution in [3.05, 3.63) is 34.4 Å². The van der Waals surface area contributed by atoms with Gasteiger partial charge in [-0.2, -0.15) is 18.4 Å². The number of nitro benzene ring substituents is 1. The van der Waals surface area contributed by atoms with Crippen LogP contribution in [-0.2, 0) is 10.0 Å². The van der Waals surface area contributed by atoms with Crippen molar-refractivity contribution in [3.8, 4) is 0 Å². The zero-order valence-corrected chi connectivity index (χ0v) is 11.9. The fourth-order valence-corrected chi connectivity index (χ4v) is 2.20. The van der Waals surface area contributed by atoms with Gasteiger partial charge in [-0.1, -0.05) is 35.3 Å². The molecule has 10 heteroatoms. The van der Waals surface area contributed by atoms with Crippen LogP contribution in [0.25, 0.3) is 0 Å². The van der Waals surface area contributed by atoms with Crippen LogP contribution < -0.4 is 4.83 Å². The molecular weight excluding hydrogens is 317 g/mol. The smallest absolute Gasteiger partial charge is 0.258 e. The number of alkyl halides is 2. The molecule has 0 aliphatic carbocycles. The number of nitrogens with zero attached hydrogens (tertiary/aromatic N) is 2. The van der Waals surface area contributed by atoms with Gasteiger partial charge in [-0.3, -0.25) is 10.1 Å². The molecule has 19 heavy (non-hydrogen) atoms. The highest BCUT2D eigenvalue weighted by atomic mass is 35.5. The first-order chi connectivity index (χ1) is 8.75. The van der Waals surface area contributed by atoms with E-state index in [1.165, 1.54) is 19.1 Å². The van der Waals surface area contributed by atoms with Crippen molar-refractivity contribution in [1.82, 2.24) is 4.83 Å². The van der Waals surface area contributed by atoms with Crippen LogP contribution in [0.15, 0.2) is 34.3 Å². The highest BCUT2D eigenvalue weighted by Gasteiger charge is 2.24. The summed E-state index contributed by atoms with van der Waals surface area (Å²) in [6, 6.07) is 4.91. The lowest BCUT2D eigenvalue weighted by Gasteiger charge is -2.05. The molecule has 1 aromatic rings. The van der Waals surface area contributed by atoms with Crippen LogP contribution in [-0.4, -0.2) is 23.9 Å². The lowest BCUT2D eigenvalue weighted by molar-refractivity contribution is -0.387. The van der Waals surface area contributed by atoms with Gasteiger partial charge in [-0.15, -0.1) is 0 Å². The highest BCUT2D eigenvalue weighted by molar-refractivity contribution is 7.89. The van der Waals surface area contributed by atoms with E-state index in [9.17, 15) is 18.5 Å². The molecule has 0 fully saturated rings. The molecule has 0 spiro atoms. The summed E-state index contributed by atoms with van der Waals surface area (Å²) in [7, 11) is -4.16. The maximum Gasteiger partial charge on any atom is 0.289 e. The van der Waals surface area contributed by atoms with E-state index < -0.39 is 30.4 Å². The molecule has 0 bridgehead atoms. The zero-order valence-electron chi connectivity index (χ0n) is 9.58. The Labute approximate surface area is 119 Å². The fourth-order valence-electron chi connectivity index (χ4n) is 1.07. The lowest BCUT2D eigenvalue weighted by Crippen LogP contribution is -2.22. The fraction of sp³-hybridized carbons (Fsp3) is 0.222. The largest absolute Gasteiger partial charge is 0.289 e. The summed E-state index contributed by atoms with van der Waals surface area (Å²) >= 11 is 11.0. The molecule has 0 heterocycles. The molecule has 0 saturated carbocycles. The third kappa shape index (κ3) is 4.05. The zero-order chi connectivity index (χ0) is 14.6. The summed E-state index contributed by atoms with van der Waals surface area (Å²) in [6.45, 7) is 1.41. The summed E-state index contributed by atoms with van der Waals surface area (Å²) in [5, 5.41) is 14.2. The van der Waals surface area contributed by atoms with Crippen molar-refractivity contribution in [2.45, 2.75) is 16.7 Å². The maximum absolute atomic E-state index is 11.9. The Balaban J connectivity index is 3.15. The molecule has 0 saturated heterocycles. The van der Waals surface area contributed by atoms with Gasteiger partial charge in [-0.25, -0.2) is 0 Å². The Bertz CT molecular complexity index is 616. The predicted octanol–water partition coefficient (Wildman–Crippen LogP) is 2.05. The molecule has 0 amide bonds. The number of rotatable bonds is 5. The second-order valence-corrected chi connectivity index (χ2v) is 6.10. The van der Waals surface area contributed by atoms with Crippen molar-refractivity contribution in [1.29, 1.82) is 0 Å². The number of nitrogens with one attached hydrogen (secondary N) is 1. The first-order valence-corrected chi connectivity index (χ1v) is 7.19. The molecule has 104 valence electrons. The van der Waals surface area contributed by atoms with Gasteiger partial charge in [0.2, 0.25) is 0 Å². The second-order valence-electron chi connectivity index (χ2n) is 3.37. The van der Waals surface area contributed by atoms with Crippen LogP contribution in [0.1, 0.15) is 6.92 Å². The monoisotopic (exact) mass is 325 g/mol. The number of halogens is 2. The Kier molecular flexibility index (Phi) is 5.10. The second kappa shape index (κ2) is 6.18. The molecule has 0 aliphatic rings. The number of para-hydroxylation sites is 1. The molecule has 1 aromatic carbocycles. The van der Waals surface area contributed by atoms with E-state index in [4.69, 9.17) is 23.2 Å². The van der Waals surface area contributed by atoms with Crippen LogP contribution in [0.5, 0.6) is 0 Å². The number of hydrazone groups is 1.